The van der Waals surface area contributed by atoms with E-state index < -0.39 is 11.7 Å². The average molecular weight is 417 g/mol. The zero-order valence-corrected chi connectivity index (χ0v) is 16.7. The molecule has 0 bridgehead atoms. The first-order valence-corrected chi connectivity index (χ1v) is 9.44. The van der Waals surface area contributed by atoms with Crippen molar-refractivity contribution in [2.75, 3.05) is 13.1 Å². The lowest BCUT2D eigenvalue weighted by molar-refractivity contribution is -0.120. The second-order valence-corrected chi connectivity index (χ2v) is 6.33. The zero-order valence-electron chi connectivity index (χ0n) is 15.9. The molecule has 0 aliphatic carbocycles. The lowest BCUT2D eigenvalue weighted by atomic mass is 10.1. The van der Waals surface area contributed by atoms with Gasteiger partial charge >= 0.3 is 0 Å². The Bertz CT molecular complexity index is 931. The summed E-state index contributed by atoms with van der Waals surface area (Å²) >= 11 is 5.54. The summed E-state index contributed by atoms with van der Waals surface area (Å²) in [5, 5.41) is 12.5. The Kier molecular flexibility index (Phi) is 8.85. The van der Waals surface area contributed by atoms with E-state index in [1.54, 1.807) is 18.2 Å². The Balaban J connectivity index is 0.000000360. The smallest absolute Gasteiger partial charge is 0.255 e. The Morgan fingerprint density at radius 2 is 1.76 bits per heavy atom. The summed E-state index contributed by atoms with van der Waals surface area (Å²) in [5.74, 6) is -0.983. The van der Waals surface area contributed by atoms with E-state index in [4.69, 9.17) is 11.6 Å². The highest BCUT2D eigenvalue weighted by atomic mass is 35.5. The van der Waals surface area contributed by atoms with Gasteiger partial charge < -0.3 is 10.6 Å². The molecule has 0 aliphatic heterocycles. The Morgan fingerprint density at radius 1 is 1.07 bits per heavy atom. The highest BCUT2D eigenvalue weighted by molar-refractivity contribution is 6.30. The van der Waals surface area contributed by atoms with Crippen molar-refractivity contribution in [3.05, 3.63) is 77.2 Å². The predicted molar refractivity (Wildman–Crippen MR) is 111 cm³/mol. The van der Waals surface area contributed by atoms with Crippen molar-refractivity contribution in [3.63, 3.8) is 0 Å². The molecule has 0 saturated heterocycles. The van der Waals surface area contributed by atoms with Gasteiger partial charge in [0.25, 0.3) is 5.91 Å². The molecule has 0 radical (unpaired) electrons. The van der Waals surface area contributed by atoms with Crippen LogP contribution in [0, 0.1) is 5.82 Å². The third-order valence-corrected chi connectivity index (χ3v) is 4.02. The fourth-order valence-electron chi connectivity index (χ4n) is 2.41. The molecule has 0 atom stereocenters. The highest BCUT2D eigenvalue weighted by Crippen LogP contribution is 2.23. The quantitative estimate of drug-likeness (QED) is 0.571. The summed E-state index contributed by atoms with van der Waals surface area (Å²) in [6.45, 7) is 2.57. The number of nitrogens with one attached hydrogen (secondary N) is 3. The van der Waals surface area contributed by atoms with E-state index in [1.165, 1.54) is 12.3 Å². The number of halogens is 2. The fourth-order valence-corrected chi connectivity index (χ4v) is 2.56. The molecular formula is C21H22ClFN4O2. The molecule has 2 amide bonds. The van der Waals surface area contributed by atoms with Gasteiger partial charge in [0, 0.05) is 30.1 Å². The van der Waals surface area contributed by atoms with Crippen LogP contribution in [-0.4, -0.2) is 35.1 Å². The van der Waals surface area contributed by atoms with E-state index in [1.807, 2.05) is 37.3 Å². The standard InChI is InChI=1S/C15H17FN4O2.C6H5Cl/c1-2-17-13(21)7-8-18-15(22)11-9-19-20-14(11)10-5-3-4-6-12(10)16;7-6-4-2-1-3-5-6/h3-6,9H,2,7-8H2,1H3,(H,17,21)(H,18,22)(H,19,20);1-5H. The third-order valence-electron chi connectivity index (χ3n) is 3.77. The molecular weight excluding hydrogens is 395 g/mol. The zero-order chi connectivity index (χ0) is 21.1. The molecule has 0 aliphatic rings. The van der Waals surface area contributed by atoms with Crippen LogP contribution < -0.4 is 10.6 Å². The van der Waals surface area contributed by atoms with Crippen LogP contribution in [0.4, 0.5) is 4.39 Å². The first kappa shape index (κ1) is 22.1. The van der Waals surface area contributed by atoms with Gasteiger partial charge in [-0.2, -0.15) is 5.10 Å². The Hall–Kier alpha value is -3.19. The fraction of sp³-hybridized carbons (Fsp3) is 0.190. The van der Waals surface area contributed by atoms with Gasteiger partial charge in [0.2, 0.25) is 5.91 Å². The molecule has 1 aromatic heterocycles. The highest BCUT2D eigenvalue weighted by Gasteiger charge is 2.17. The van der Waals surface area contributed by atoms with Crippen molar-refractivity contribution in [3.8, 4) is 11.3 Å². The summed E-state index contributed by atoms with van der Waals surface area (Å²) in [7, 11) is 0. The molecule has 1 heterocycles. The van der Waals surface area contributed by atoms with Gasteiger partial charge in [-0.05, 0) is 31.2 Å². The van der Waals surface area contributed by atoms with Crippen molar-refractivity contribution < 1.29 is 14.0 Å². The van der Waals surface area contributed by atoms with E-state index in [0.29, 0.717) is 12.2 Å². The van der Waals surface area contributed by atoms with E-state index >= 15 is 0 Å². The number of aromatic nitrogens is 2. The molecule has 6 nitrogen and oxygen atoms in total. The van der Waals surface area contributed by atoms with Gasteiger partial charge in [0.05, 0.1) is 17.5 Å². The van der Waals surface area contributed by atoms with Gasteiger partial charge in [-0.25, -0.2) is 4.39 Å². The van der Waals surface area contributed by atoms with Crippen LogP contribution >= 0.6 is 11.6 Å². The molecule has 0 spiro atoms. The van der Waals surface area contributed by atoms with E-state index in [-0.39, 0.29) is 30.0 Å². The van der Waals surface area contributed by atoms with Gasteiger partial charge in [-0.1, -0.05) is 41.9 Å². The summed E-state index contributed by atoms with van der Waals surface area (Å²) in [4.78, 5) is 23.4. The van der Waals surface area contributed by atoms with Gasteiger partial charge in [-0.15, -0.1) is 0 Å². The molecule has 0 unspecified atom stereocenters. The number of H-pyrrole nitrogens is 1. The Morgan fingerprint density at radius 3 is 2.38 bits per heavy atom. The van der Waals surface area contributed by atoms with E-state index in [9.17, 15) is 14.0 Å². The summed E-state index contributed by atoms with van der Waals surface area (Å²) in [5.41, 5.74) is 0.823. The molecule has 152 valence electrons. The van der Waals surface area contributed by atoms with Gasteiger partial charge in [-0.3, -0.25) is 14.7 Å². The van der Waals surface area contributed by atoms with Crippen LogP contribution in [-0.2, 0) is 4.79 Å². The van der Waals surface area contributed by atoms with Gasteiger partial charge in [0.15, 0.2) is 0 Å². The summed E-state index contributed by atoms with van der Waals surface area (Å²) in [6, 6.07) is 15.6. The van der Waals surface area contributed by atoms with Crippen LogP contribution in [0.25, 0.3) is 11.3 Å². The predicted octanol–water partition coefficient (Wildman–Crippen LogP) is 3.81. The molecule has 2 aromatic carbocycles. The lowest BCUT2D eigenvalue weighted by Gasteiger charge is -2.06. The number of aromatic amines is 1. The number of hydrogen-bond acceptors (Lipinski definition) is 3. The number of carbonyl (C=O) groups excluding carboxylic acids is 2. The minimum absolute atomic E-state index is 0.135. The second-order valence-electron chi connectivity index (χ2n) is 5.89. The van der Waals surface area contributed by atoms with Gasteiger partial charge in [0.1, 0.15) is 5.82 Å². The molecule has 3 aromatic rings. The largest absolute Gasteiger partial charge is 0.356 e. The van der Waals surface area contributed by atoms with Crippen molar-refractivity contribution in [2.24, 2.45) is 0 Å². The molecule has 3 rings (SSSR count). The number of amides is 2. The normalized spacial score (nSPS) is 9.90. The molecule has 29 heavy (non-hydrogen) atoms. The average Bonchev–Trinajstić information content (AvgIpc) is 3.19. The van der Waals surface area contributed by atoms with Crippen LogP contribution in [0.3, 0.4) is 0 Å². The minimum atomic E-state index is -0.442. The number of carbonyl (C=O) groups is 2. The van der Waals surface area contributed by atoms with E-state index in [2.05, 4.69) is 20.8 Å². The second kappa shape index (κ2) is 11.6. The number of nitrogens with zero attached hydrogens (tertiary/aromatic N) is 1. The van der Waals surface area contributed by atoms with Crippen LogP contribution in [0.2, 0.25) is 5.02 Å². The van der Waals surface area contributed by atoms with Crippen molar-refractivity contribution in [1.29, 1.82) is 0 Å². The first-order valence-electron chi connectivity index (χ1n) is 9.06. The van der Waals surface area contributed by atoms with Crippen molar-refractivity contribution >= 4 is 23.4 Å². The van der Waals surface area contributed by atoms with Crippen molar-refractivity contribution in [2.45, 2.75) is 13.3 Å². The summed E-state index contributed by atoms with van der Waals surface area (Å²) in [6.07, 6.45) is 1.52. The number of hydrogen-bond donors (Lipinski definition) is 3. The number of benzene rings is 2. The monoisotopic (exact) mass is 416 g/mol. The van der Waals surface area contributed by atoms with Crippen LogP contribution in [0.1, 0.15) is 23.7 Å². The Labute approximate surface area is 173 Å². The maximum atomic E-state index is 13.8. The number of rotatable bonds is 6. The summed E-state index contributed by atoms with van der Waals surface area (Å²) < 4.78 is 13.8. The first-order chi connectivity index (χ1) is 14.0. The lowest BCUT2D eigenvalue weighted by Crippen LogP contribution is -2.30. The van der Waals surface area contributed by atoms with Crippen molar-refractivity contribution in [1.82, 2.24) is 20.8 Å². The third kappa shape index (κ3) is 7.04. The molecule has 0 saturated carbocycles. The topological polar surface area (TPSA) is 86.9 Å². The SMILES string of the molecule is CCNC(=O)CCNC(=O)c1cn[nH]c1-c1ccccc1F.Clc1ccccc1. The molecule has 0 fully saturated rings. The molecule has 3 N–H and O–H groups in total. The maximum Gasteiger partial charge on any atom is 0.255 e. The van der Waals surface area contributed by atoms with Crippen LogP contribution in [0.15, 0.2) is 60.8 Å². The maximum absolute atomic E-state index is 13.8. The van der Waals surface area contributed by atoms with Crippen LogP contribution in [0.5, 0.6) is 0 Å². The molecule has 8 heteroatoms. The van der Waals surface area contributed by atoms with E-state index in [0.717, 1.165) is 5.02 Å². The minimum Gasteiger partial charge on any atom is -0.356 e.